The Morgan fingerprint density at radius 2 is 1.83 bits per heavy atom. The van der Waals surface area contributed by atoms with E-state index < -0.39 is 17.7 Å². The Labute approximate surface area is 168 Å². The van der Waals surface area contributed by atoms with Crippen LogP contribution in [0.5, 0.6) is 0 Å². The summed E-state index contributed by atoms with van der Waals surface area (Å²) in [5.74, 6) is -1.69. The number of rotatable bonds is 7. The lowest BCUT2D eigenvalue weighted by Gasteiger charge is -2.26. The highest BCUT2D eigenvalue weighted by Crippen LogP contribution is 2.21. The van der Waals surface area contributed by atoms with Crippen molar-refractivity contribution >= 4 is 11.6 Å². The summed E-state index contributed by atoms with van der Waals surface area (Å²) in [6.07, 6.45) is 0.360. The minimum Gasteiger partial charge on any atom is -0.390 e. The van der Waals surface area contributed by atoms with Gasteiger partial charge in [-0.25, -0.2) is 13.2 Å². The molecule has 1 aliphatic heterocycles. The van der Waals surface area contributed by atoms with Gasteiger partial charge in [-0.3, -0.25) is 4.79 Å². The van der Waals surface area contributed by atoms with Crippen molar-refractivity contribution in [3.05, 3.63) is 71.0 Å². The van der Waals surface area contributed by atoms with E-state index in [1.54, 1.807) is 12.1 Å². The second kappa shape index (κ2) is 9.11. The second-order valence-corrected chi connectivity index (χ2v) is 7.58. The van der Waals surface area contributed by atoms with E-state index in [-0.39, 0.29) is 36.3 Å². The summed E-state index contributed by atoms with van der Waals surface area (Å²) in [5.41, 5.74) is 1.65. The second-order valence-electron chi connectivity index (χ2n) is 7.58. The number of benzene rings is 2. The predicted octanol–water partition coefficient (Wildman–Crippen LogP) is 4.67. The van der Waals surface area contributed by atoms with Crippen molar-refractivity contribution in [2.75, 3.05) is 6.54 Å². The van der Waals surface area contributed by atoms with E-state index >= 15 is 0 Å². The van der Waals surface area contributed by atoms with Gasteiger partial charge >= 0.3 is 0 Å². The molecule has 7 heteroatoms. The summed E-state index contributed by atoms with van der Waals surface area (Å²) in [6.45, 7) is 4.09. The van der Waals surface area contributed by atoms with Gasteiger partial charge in [0.15, 0.2) is 6.10 Å². The van der Waals surface area contributed by atoms with Crippen LogP contribution in [0.2, 0.25) is 0 Å². The fourth-order valence-corrected chi connectivity index (χ4v) is 3.17. The fourth-order valence-electron chi connectivity index (χ4n) is 3.17. The van der Waals surface area contributed by atoms with Crippen LogP contribution < -0.4 is 0 Å². The molecule has 29 heavy (non-hydrogen) atoms. The lowest BCUT2D eigenvalue weighted by molar-refractivity contribution is -0.134. The molecule has 1 aliphatic rings. The molecule has 2 aromatic carbocycles. The molecular formula is C22H23F3N2O2. The Balaban J connectivity index is 1.70. The highest BCUT2D eigenvalue weighted by molar-refractivity contribution is 6.01. The van der Waals surface area contributed by atoms with Crippen LogP contribution in [-0.2, 0) is 16.2 Å². The third-order valence-electron chi connectivity index (χ3n) is 4.65. The van der Waals surface area contributed by atoms with E-state index in [1.807, 2.05) is 13.8 Å². The maximum absolute atomic E-state index is 14.1. The number of carbonyl (C=O) groups excluding carboxylic acids is 1. The average Bonchev–Trinajstić information content (AvgIpc) is 3.12. The molecule has 0 spiro atoms. The van der Waals surface area contributed by atoms with E-state index in [9.17, 15) is 18.0 Å². The maximum Gasteiger partial charge on any atom is 0.223 e. The van der Waals surface area contributed by atoms with Gasteiger partial charge in [-0.1, -0.05) is 37.2 Å². The molecule has 3 rings (SSSR count). The largest absolute Gasteiger partial charge is 0.390 e. The summed E-state index contributed by atoms with van der Waals surface area (Å²) in [5, 5.41) is 4.06. The number of nitrogens with zero attached hydrogens (tertiary/aromatic N) is 2. The lowest BCUT2D eigenvalue weighted by Crippen LogP contribution is -2.38. The van der Waals surface area contributed by atoms with Crippen molar-refractivity contribution in [1.29, 1.82) is 0 Å². The highest BCUT2D eigenvalue weighted by atomic mass is 19.1. The molecule has 0 aliphatic carbocycles. The van der Waals surface area contributed by atoms with E-state index in [0.29, 0.717) is 18.6 Å². The van der Waals surface area contributed by atoms with Crippen LogP contribution in [-0.4, -0.2) is 29.2 Å². The summed E-state index contributed by atoms with van der Waals surface area (Å²) < 4.78 is 40.4. The Bertz CT molecular complexity index is 897. The van der Waals surface area contributed by atoms with Crippen LogP contribution in [0.3, 0.4) is 0 Å². The average molecular weight is 404 g/mol. The third kappa shape index (κ3) is 5.59. The minimum atomic E-state index is -0.692. The lowest BCUT2D eigenvalue weighted by atomic mass is 10.0. The van der Waals surface area contributed by atoms with E-state index in [1.165, 1.54) is 29.2 Å². The molecule has 0 N–H and O–H groups in total. The zero-order chi connectivity index (χ0) is 21.0. The Morgan fingerprint density at radius 3 is 2.48 bits per heavy atom. The molecule has 1 unspecified atom stereocenters. The van der Waals surface area contributed by atoms with E-state index in [0.717, 1.165) is 11.6 Å². The molecule has 1 heterocycles. The zero-order valence-corrected chi connectivity index (χ0v) is 16.4. The summed E-state index contributed by atoms with van der Waals surface area (Å²) in [6, 6.07) is 9.26. The number of hydrogen-bond donors (Lipinski definition) is 0. The van der Waals surface area contributed by atoms with Crippen LogP contribution in [0.25, 0.3) is 0 Å². The van der Waals surface area contributed by atoms with Crippen LogP contribution >= 0.6 is 0 Å². The van der Waals surface area contributed by atoms with Gasteiger partial charge in [0.1, 0.15) is 17.5 Å². The first-order valence-corrected chi connectivity index (χ1v) is 9.52. The number of halogens is 3. The number of amides is 1. The van der Waals surface area contributed by atoms with Crippen molar-refractivity contribution in [3.8, 4) is 0 Å². The summed E-state index contributed by atoms with van der Waals surface area (Å²) in [7, 11) is 0. The zero-order valence-electron chi connectivity index (χ0n) is 16.4. The van der Waals surface area contributed by atoms with Gasteiger partial charge in [0.25, 0.3) is 0 Å². The molecule has 0 saturated heterocycles. The molecule has 0 saturated carbocycles. The van der Waals surface area contributed by atoms with Gasteiger partial charge in [0.2, 0.25) is 5.91 Å². The van der Waals surface area contributed by atoms with Crippen LogP contribution in [0.15, 0.2) is 47.6 Å². The smallest absolute Gasteiger partial charge is 0.223 e. The predicted molar refractivity (Wildman–Crippen MR) is 104 cm³/mol. The van der Waals surface area contributed by atoms with Gasteiger partial charge in [-0.15, -0.1) is 0 Å². The molecule has 154 valence electrons. The molecule has 1 atom stereocenters. The molecular weight excluding hydrogens is 381 g/mol. The van der Waals surface area contributed by atoms with Gasteiger partial charge in [-0.2, -0.15) is 0 Å². The Kier molecular flexibility index (Phi) is 6.56. The Morgan fingerprint density at radius 1 is 1.14 bits per heavy atom. The van der Waals surface area contributed by atoms with Crippen molar-refractivity contribution in [2.24, 2.45) is 11.1 Å². The minimum absolute atomic E-state index is 0.0173. The number of hydrogen-bond acceptors (Lipinski definition) is 3. The first kappa shape index (κ1) is 20.9. The molecule has 0 radical (unpaired) electrons. The monoisotopic (exact) mass is 404 g/mol. The molecule has 4 nitrogen and oxygen atoms in total. The van der Waals surface area contributed by atoms with Crippen LogP contribution in [0, 0.1) is 23.4 Å². The number of carbonyl (C=O) groups is 1. The van der Waals surface area contributed by atoms with Crippen molar-refractivity contribution in [1.82, 2.24) is 4.90 Å². The normalized spacial score (nSPS) is 15.9. The van der Waals surface area contributed by atoms with Gasteiger partial charge < -0.3 is 9.74 Å². The topological polar surface area (TPSA) is 41.9 Å². The van der Waals surface area contributed by atoms with E-state index in [4.69, 9.17) is 4.84 Å². The molecule has 0 aromatic heterocycles. The molecule has 0 fully saturated rings. The molecule has 1 amide bonds. The molecule has 2 aromatic rings. The summed E-state index contributed by atoms with van der Waals surface area (Å²) >= 11 is 0. The van der Waals surface area contributed by atoms with Gasteiger partial charge in [0, 0.05) is 31.0 Å². The van der Waals surface area contributed by atoms with Crippen molar-refractivity contribution in [3.63, 3.8) is 0 Å². The van der Waals surface area contributed by atoms with Gasteiger partial charge in [-0.05, 0) is 29.7 Å². The van der Waals surface area contributed by atoms with Crippen LogP contribution in [0.4, 0.5) is 13.2 Å². The van der Waals surface area contributed by atoms with Crippen molar-refractivity contribution < 1.29 is 22.8 Å². The SMILES string of the molecule is CC(C)CC(=O)N(Cc1ccc(F)cc1F)CC1CC(c2ccc(F)cc2)=NO1. The van der Waals surface area contributed by atoms with Gasteiger partial charge in [0.05, 0.1) is 12.3 Å². The Hall–Kier alpha value is -2.83. The quantitative estimate of drug-likeness (QED) is 0.673. The highest BCUT2D eigenvalue weighted by Gasteiger charge is 2.27. The van der Waals surface area contributed by atoms with Crippen molar-refractivity contribution in [2.45, 2.75) is 39.3 Å². The number of oxime groups is 1. The standard InChI is InChI=1S/C22H23F3N2O2/c1-14(2)9-22(28)27(12-16-5-8-18(24)10-20(16)25)13-19-11-21(26-29-19)15-3-6-17(23)7-4-15/h3-8,10,14,19H,9,11-13H2,1-2H3. The maximum atomic E-state index is 14.1. The first-order valence-electron chi connectivity index (χ1n) is 9.52. The fraction of sp³-hybridized carbons (Fsp3) is 0.364. The van der Waals surface area contributed by atoms with Crippen LogP contribution in [0.1, 0.15) is 37.8 Å². The summed E-state index contributed by atoms with van der Waals surface area (Å²) in [4.78, 5) is 19.7. The first-order chi connectivity index (χ1) is 13.8. The molecule has 0 bridgehead atoms. The third-order valence-corrected chi connectivity index (χ3v) is 4.65. The van der Waals surface area contributed by atoms with E-state index in [2.05, 4.69) is 5.16 Å².